The Morgan fingerprint density at radius 1 is 0.950 bits per heavy atom. The van der Waals surface area contributed by atoms with Crippen LogP contribution in [0.2, 0.25) is 0 Å². The zero-order valence-electron chi connectivity index (χ0n) is 12.1. The highest BCUT2D eigenvalue weighted by molar-refractivity contribution is 7.84. The molecule has 20 heavy (non-hydrogen) atoms. The van der Waals surface area contributed by atoms with Crippen molar-refractivity contribution in [2.45, 2.75) is 26.0 Å². The van der Waals surface area contributed by atoms with Crippen LogP contribution < -0.4 is 5.73 Å². The van der Waals surface area contributed by atoms with Gasteiger partial charge in [0.05, 0.1) is 0 Å². The van der Waals surface area contributed by atoms with Gasteiger partial charge in [-0.3, -0.25) is 4.21 Å². The lowest BCUT2D eigenvalue weighted by molar-refractivity contribution is 0.682. The van der Waals surface area contributed by atoms with Crippen LogP contribution >= 0.6 is 0 Å². The highest BCUT2D eigenvalue weighted by Gasteiger charge is 2.04. The average molecular weight is 287 g/mol. The monoisotopic (exact) mass is 287 g/mol. The van der Waals surface area contributed by atoms with Gasteiger partial charge in [0.25, 0.3) is 0 Å². The highest BCUT2D eigenvalue weighted by atomic mass is 32.2. The van der Waals surface area contributed by atoms with Crippen LogP contribution in [0, 0.1) is 13.8 Å². The number of benzene rings is 2. The van der Waals surface area contributed by atoms with Crippen LogP contribution in [0.15, 0.2) is 42.5 Å². The van der Waals surface area contributed by atoms with Gasteiger partial charge < -0.3 is 5.73 Å². The van der Waals surface area contributed by atoms with Gasteiger partial charge in [-0.1, -0.05) is 41.5 Å². The summed E-state index contributed by atoms with van der Waals surface area (Å²) in [7, 11) is -0.825. The molecule has 2 aromatic rings. The molecule has 2 nitrogen and oxygen atoms in total. The molecule has 2 rings (SSSR count). The van der Waals surface area contributed by atoms with E-state index in [0.717, 1.165) is 17.7 Å². The first-order valence-corrected chi connectivity index (χ1v) is 8.28. The van der Waals surface area contributed by atoms with Gasteiger partial charge in [-0.05, 0) is 43.5 Å². The maximum atomic E-state index is 12.2. The molecule has 106 valence electrons. The molecule has 0 aliphatic heterocycles. The first-order valence-electron chi connectivity index (χ1n) is 6.79. The molecule has 0 spiro atoms. The summed E-state index contributed by atoms with van der Waals surface area (Å²) in [6.45, 7) is 4.15. The third kappa shape index (κ3) is 4.49. The number of nitrogens with two attached hydrogens (primary N) is 1. The van der Waals surface area contributed by atoms with Crippen molar-refractivity contribution in [3.05, 3.63) is 64.7 Å². The first-order chi connectivity index (χ1) is 9.52. The van der Waals surface area contributed by atoms with Crippen LogP contribution in [0.1, 0.15) is 22.3 Å². The number of nitrogen functional groups attached to an aromatic ring is 1. The van der Waals surface area contributed by atoms with Crippen molar-refractivity contribution in [1.82, 2.24) is 0 Å². The molecule has 0 aromatic heterocycles. The Labute approximate surface area is 123 Å². The van der Waals surface area contributed by atoms with E-state index in [1.54, 1.807) is 0 Å². The summed E-state index contributed by atoms with van der Waals surface area (Å²) in [4.78, 5) is 0. The van der Waals surface area contributed by atoms with Gasteiger partial charge in [0.15, 0.2) is 0 Å². The fourth-order valence-corrected chi connectivity index (χ4v) is 3.47. The molecule has 1 unspecified atom stereocenters. The van der Waals surface area contributed by atoms with Gasteiger partial charge in [-0.2, -0.15) is 0 Å². The molecule has 0 amide bonds. The van der Waals surface area contributed by atoms with E-state index in [4.69, 9.17) is 5.73 Å². The molecule has 0 aliphatic rings. The fourth-order valence-electron chi connectivity index (χ4n) is 2.33. The summed E-state index contributed by atoms with van der Waals surface area (Å²) in [5.41, 5.74) is 11.2. The maximum Gasteiger partial charge on any atom is 0.0485 e. The van der Waals surface area contributed by atoms with Crippen LogP contribution in [0.25, 0.3) is 0 Å². The second-order valence-corrected chi connectivity index (χ2v) is 6.85. The molecule has 0 saturated carbocycles. The summed E-state index contributed by atoms with van der Waals surface area (Å²) >= 11 is 0. The number of aryl methyl sites for hydroxylation is 3. The van der Waals surface area contributed by atoms with E-state index < -0.39 is 10.8 Å². The molecule has 0 radical (unpaired) electrons. The van der Waals surface area contributed by atoms with Crippen LogP contribution in [-0.2, 0) is 23.0 Å². The first kappa shape index (κ1) is 14.8. The Kier molecular flexibility index (Phi) is 4.96. The summed E-state index contributed by atoms with van der Waals surface area (Å²) in [6.07, 6.45) is 0.831. The Morgan fingerprint density at radius 2 is 1.55 bits per heavy atom. The topological polar surface area (TPSA) is 43.1 Å². The van der Waals surface area contributed by atoms with Gasteiger partial charge in [-0.15, -0.1) is 0 Å². The van der Waals surface area contributed by atoms with E-state index in [1.165, 1.54) is 16.7 Å². The maximum absolute atomic E-state index is 12.2. The zero-order chi connectivity index (χ0) is 14.5. The van der Waals surface area contributed by atoms with E-state index in [2.05, 4.69) is 32.0 Å². The van der Waals surface area contributed by atoms with Crippen molar-refractivity contribution in [3.63, 3.8) is 0 Å². The largest absolute Gasteiger partial charge is 0.399 e. The van der Waals surface area contributed by atoms with Crippen molar-refractivity contribution < 1.29 is 4.21 Å². The normalized spacial score (nSPS) is 12.3. The summed E-state index contributed by atoms with van der Waals surface area (Å²) in [5, 5.41) is 0. The van der Waals surface area contributed by atoms with Crippen LogP contribution in [0.3, 0.4) is 0 Å². The fraction of sp³-hybridized carbons (Fsp3) is 0.294. The number of anilines is 1. The quantitative estimate of drug-likeness (QED) is 0.857. The van der Waals surface area contributed by atoms with Crippen molar-refractivity contribution in [2.75, 3.05) is 11.5 Å². The van der Waals surface area contributed by atoms with Gasteiger partial charge in [-0.25, -0.2) is 0 Å². The number of rotatable bonds is 5. The van der Waals surface area contributed by atoms with Crippen molar-refractivity contribution in [1.29, 1.82) is 0 Å². The minimum atomic E-state index is -0.825. The Hall–Kier alpha value is -1.61. The average Bonchev–Trinajstić information content (AvgIpc) is 2.37. The van der Waals surface area contributed by atoms with E-state index in [0.29, 0.717) is 11.5 Å². The lowest BCUT2D eigenvalue weighted by atomic mass is 10.1. The molecule has 3 heteroatoms. The number of hydrogen-bond donors (Lipinski definition) is 1. The minimum absolute atomic E-state index is 0.636. The third-order valence-corrected chi connectivity index (χ3v) is 4.52. The molecule has 0 saturated heterocycles. The van der Waals surface area contributed by atoms with Gasteiger partial charge >= 0.3 is 0 Å². The molecule has 2 N–H and O–H groups in total. The highest BCUT2D eigenvalue weighted by Crippen LogP contribution is 2.12. The van der Waals surface area contributed by atoms with Crippen molar-refractivity contribution in [3.8, 4) is 0 Å². The second kappa shape index (κ2) is 6.71. The van der Waals surface area contributed by atoms with Crippen molar-refractivity contribution in [2.24, 2.45) is 0 Å². The Bertz CT molecular complexity index is 585. The summed E-state index contributed by atoms with van der Waals surface area (Å²) in [6, 6.07) is 14.2. The minimum Gasteiger partial charge on any atom is -0.399 e. The lowest BCUT2D eigenvalue weighted by Crippen LogP contribution is -2.04. The van der Waals surface area contributed by atoms with Gasteiger partial charge in [0.2, 0.25) is 0 Å². The summed E-state index contributed by atoms with van der Waals surface area (Å²) < 4.78 is 12.2. The predicted molar refractivity (Wildman–Crippen MR) is 87.2 cm³/mol. The lowest BCUT2D eigenvalue weighted by Gasteiger charge is -2.06. The molecule has 1 atom stereocenters. The van der Waals surface area contributed by atoms with E-state index >= 15 is 0 Å². The molecule has 0 heterocycles. The SMILES string of the molecule is Cc1cc(C)cc(CS(=O)CCc2ccc(N)cc2)c1. The summed E-state index contributed by atoms with van der Waals surface area (Å²) in [5.74, 6) is 1.33. The predicted octanol–water partition coefficient (Wildman–Crippen LogP) is 3.38. The molecule has 2 aromatic carbocycles. The Morgan fingerprint density at radius 3 is 2.15 bits per heavy atom. The van der Waals surface area contributed by atoms with Crippen LogP contribution in [0.4, 0.5) is 5.69 Å². The molecule has 0 fully saturated rings. The van der Waals surface area contributed by atoms with E-state index in [1.807, 2.05) is 24.3 Å². The Balaban J connectivity index is 1.90. The van der Waals surface area contributed by atoms with Gasteiger partial charge in [0, 0.05) is 28.0 Å². The molecule has 0 aliphatic carbocycles. The number of hydrogen-bond acceptors (Lipinski definition) is 2. The molecular weight excluding hydrogens is 266 g/mol. The smallest absolute Gasteiger partial charge is 0.0485 e. The van der Waals surface area contributed by atoms with E-state index in [-0.39, 0.29) is 0 Å². The van der Waals surface area contributed by atoms with Crippen LogP contribution in [0.5, 0.6) is 0 Å². The molecular formula is C17H21NOS. The van der Waals surface area contributed by atoms with Gasteiger partial charge in [0.1, 0.15) is 0 Å². The molecule has 0 bridgehead atoms. The van der Waals surface area contributed by atoms with Crippen LogP contribution in [-0.4, -0.2) is 9.96 Å². The van der Waals surface area contributed by atoms with Crippen molar-refractivity contribution >= 4 is 16.5 Å². The zero-order valence-corrected chi connectivity index (χ0v) is 12.9. The standard InChI is InChI=1S/C17H21NOS/c1-13-9-14(2)11-16(10-13)12-20(19)8-7-15-3-5-17(18)6-4-15/h3-6,9-11H,7-8,12,18H2,1-2H3. The third-order valence-electron chi connectivity index (χ3n) is 3.21. The van der Waals surface area contributed by atoms with E-state index in [9.17, 15) is 4.21 Å². The second-order valence-electron chi connectivity index (χ2n) is 5.28.